The van der Waals surface area contributed by atoms with Gasteiger partial charge < -0.3 is 11.1 Å². The minimum absolute atomic E-state index is 0. The highest BCUT2D eigenvalue weighted by Crippen LogP contribution is 2.31. The minimum Gasteiger partial charge on any atom is -0.399 e. The van der Waals surface area contributed by atoms with Gasteiger partial charge in [-0.25, -0.2) is 0 Å². The molecule has 0 saturated heterocycles. The zero-order chi connectivity index (χ0) is 18.8. The summed E-state index contributed by atoms with van der Waals surface area (Å²) >= 11 is 0. The number of ketones is 1. The van der Waals surface area contributed by atoms with E-state index in [1.165, 1.54) is 23.1 Å². The van der Waals surface area contributed by atoms with Crippen LogP contribution in [0, 0.1) is 0 Å². The maximum atomic E-state index is 12.5. The van der Waals surface area contributed by atoms with Gasteiger partial charge in [-0.15, -0.1) is 12.4 Å². The van der Waals surface area contributed by atoms with Gasteiger partial charge in [0.05, 0.1) is 6.04 Å². The number of hydrogen-bond donors (Lipinski definition) is 2. The number of nitrogens with two attached hydrogens (primary N) is 1. The Labute approximate surface area is 172 Å². The molecule has 1 amide bonds. The van der Waals surface area contributed by atoms with E-state index in [1.807, 2.05) is 30.3 Å². The summed E-state index contributed by atoms with van der Waals surface area (Å²) in [6.07, 6.45) is 6.80. The van der Waals surface area contributed by atoms with Crippen LogP contribution in [0.5, 0.6) is 0 Å². The average molecular weight is 399 g/mol. The van der Waals surface area contributed by atoms with Crippen molar-refractivity contribution in [3.05, 3.63) is 64.2 Å². The van der Waals surface area contributed by atoms with E-state index < -0.39 is 0 Å². The number of amides is 1. The molecule has 1 atom stereocenters. The number of benzene rings is 2. The number of rotatable bonds is 5. The first kappa shape index (κ1) is 20.4. The lowest BCUT2D eigenvalue weighted by Gasteiger charge is -2.26. The van der Waals surface area contributed by atoms with Crippen LogP contribution in [-0.2, 0) is 24.1 Å². The molecule has 0 saturated carbocycles. The normalized spacial score (nSPS) is 17.2. The molecule has 28 heavy (non-hydrogen) atoms. The average Bonchev–Trinajstić information content (AvgIpc) is 3.14. The predicted molar refractivity (Wildman–Crippen MR) is 114 cm³/mol. The zero-order valence-electron chi connectivity index (χ0n) is 16.0. The largest absolute Gasteiger partial charge is 0.399 e. The van der Waals surface area contributed by atoms with Gasteiger partial charge in [-0.3, -0.25) is 9.59 Å². The number of carbonyl (C=O) groups is 2. The fourth-order valence-electron chi connectivity index (χ4n) is 4.37. The molecular formula is C23H27ClN2O2. The predicted octanol–water partition coefficient (Wildman–Crippen LogP) is 4.34. The van der Waals surface area contributed by atoms with E-state index in [1.54, 1.807) is 0 Å². The van der Waals surface area contributed by atoms with Crippen molar-refractivity contribution in [3.8, 4) is 0 Å². The van der Waals surface area contributed by atoms with Crippen LogP contribution in [0.25, 0.3) is 0 Å². The highest BCUT2D eigenvalue weighted by molar-refractivity contribution is 5.98. The number of fused-ring (bicyclic) bond motifs is 2. The first-order chi connectivity index (χ1) is 13.1. The Hall–Kier alpha value is -2.33. The van der Waals surface area contributed by atoms with Gasteiger partial charge in [-0.1, -0.05) is 18.2 Å². The van der Waals surface area contributed by atoms with E-state index >= 15 is 0 Å². The molecule has 0 bridgehead atoms. The van der Waals surface area contributed by atoms with E-state index in [-0.39, 0.29) is 43.0 Å². The van der Waals surface area contributed by atoms with E-state index in [4.69, 9.17) is 5.73 Å². The molecule has 2 aliphatic carbocycles. The Bertz CT molecular complexity index is 894. The molecule has 5 heteroatoms. The lowest BCUT2D eigenvalue weighted by atomic mass is 9.87. The van der Waals surface area contributed by atoms with E-state index in [0.717, 1.165) is 48.9 Å². The standard InChI is InChI=1S/C23H26N2O2.ClH/c24-19-9-10-20-17(14-19)5-2-6-21(20)25-23(27)12-11-22(26)18-8-7-15-3-1-4-16(15)13-18;/h7-10,13-14,21H,1-6,11-12,24H2,(H,25,27);1H. The summed E-state index contributed by atoms with van der Waals surface area (Å²) in [6.45, 7) is 0. The SMILES string of the molecule is Cl.Nc1ccc2c(c1)CCCC2NC(=O)CCC(=O)c1ccc2c(c1)CCC2. The van der Waals surface area contributed by atoms with Crippen LogP contribution < -0.4 is 11.1 Å². The number of nitrogens with one attached hydrogen (secondary N) is 1. The summed E-state index contributed by atoms with van der Waals surface area (Å²) < 4.78 is 0. The first-order valence-electron chi connectivity index (χ1n) is 9.93. The first-order valence-corrected chi connectivity index (χ1v) is 9.93. The molecule has 4 nitrogen and oxygen atoms in total. The molecule has 0 aliphatic heterocycles. The smallest absolute Gasteiger partial charge is 0.220 e. The monoisotopic (exact) mass is 398 g/mol. The van der Waals surface area contributed by atoms with Crippen molar-refractivity contribution in [1.82, 2.24) is 5.32 Å². The van der Waals surface area contributed by atoms with Crippen LogP contribution in [0.15, 0.2) is 36.4 Å². The number of anilines is 1. The Morgan fingerprint density at radius 3 is 2.57 bits per heavy atom. The lowest BCUT2D eigenvalue weighted by molar-refractivity contribution is -0.121. The highest BCUT2D eigenvalue weighted by Gasteiger charge is 2.22. The van der Waals surface area contributed by atoms with Crippen molar-refractivity contribution in [2.45, 2.75) is 57.4 Å². The molecule has 0 fully saturated rings. The Morgan fingerprint density at radius 2 is 1.71 bits per heavy atom. The Balaban J connectivity index is 0.00000225. The van der Waals surface area contributed by atoms with Crippen LogP contribution in [-0.4, -0.2) is 11.7 Å². The summed E-state index contributed by atoms with van der Waals surface area (Å²) in [7, 11) is 0. The Morgan fingerprint density at radius 1 is 0.929 bits per heavy atom. The molecule has 0 spiro atoms. The third-order valence-electron chi connectivity index (χ3n) is 5.82. The van der Waals surface area contributed by atoms with Crippen molar-refractivity contribution in [3.63, 3.8) is 0 Å². The summed E-state index contributed by atoms with van der Waals surface area (Å²) in [6, 6.07) is 11.9. The van der Waals surface area contributed by atoms with Crippen LogP contribution >= 0.6 is 12.4 Å². The van der Waals surface area contributed by atoms with Crippen molar-refractivity contribution in [2.75, 3.05) is 5.73 Å². The number of nitrogen functional groups attached to an aromatic ring is 1. The molecular weight excluding hydrogens is 372 g/mol. The van der Waals surface area contributed by atoms with Gasteiger partial charge in [-0.05, 0) is 79.0 Å². The number of carbonyl (C=O) groups excluding carboxylic acids is 2. The van der Waals surface area contributed by atoms with Gasteiger partial charge in [0, 0.05) is 24.1 Å². The maximum Gasteiger partial charge on any atom is 0.220 e. The number of hydrogen-bond acceptors (Lipinski definition) is 3. The molecule has 2 aromatic carbocycles. The lowest BCUT2D eigenvalue weighted by Crippen LogP contribution is -2.31. The number of halogens is 1. The van der Waals surface area contributed by atoms with Gasteiger partial charge in [0.25, 0.3) is 0 Å². The second kappa shape index (κ2) is 8.78. The quantitative estimate of drug-likeness (QED) is 0.581. The zero-order valence-corrected chi connectivity index (χ0v) is 16.8. The fourth-order valence-corrected chi connectivity index (χ4v) is 4.37. The molecule has 1 unspecified atom stereocenters. The van der Waals surface area contributed by atoms with Gasteiger partial charge in [0.1, 0.15) is 0 Å². The van der Waals surface area contributed by atoms with Crippen molar-refractivity contribution in [1.29, 1.82) is 0 Å². The topological polar surface area (TPSA) is 72.2 Å². The molecule has 0 aromatic heterocycles. The van der Waals surface area contributed by atoms with Gasteiger partial charge >= 0.3 is 0 Å². The van der Waals surface area contributed by atoms with Crippen molar-refractivity contribution in [2.24, 2.45) is 0 Å². The van der Waals surface area contributed by atoms with Crippen LogP contribution in [0.3, 0.4) is 0 Å². The van der Waals surface area contributed by atoms with Gasteiger partial charge in [-0.2, -0.15) is 0 Å². The Kier molecular flexibility index (Phi) is 6.40. The third-order valence-corrected chi connectivity index (χ3v) is 5.82. The number of aryl methyl sites for hydroxylation is 3. The summed E-state index contributed by atoms with van der Waals surface area (Å²) in [5.74, 6) is -0.00384. The number of Topliss-reactive ketones (excluding diaryl/α,β-unsaturated/α-hetero) is 1. The summed E-state index contributed by atoms with van der Waals surface area (Å²) in [5, 5.41) is 3.11. The fraction of sp³-hybridized carbons (Fsp3) is 0.391. The van der Waals surface area contributed by atoms with E-state index in [9.17, 15) is 9.59 Å². The third kappa shape index (κ3) is 4.39. The minimum atomic E-state index is -0.0563. The van der Waals surface area contributed by atoms with E-state index in [0.29, 0.717) is 0 Å². The van der Waals surface area contributed by atoms with Crippen LogP contribution in [0.4, 0.5) is 5.69 Å². The van der Waals surface area contributed by atoms with E-state index in [2.05, 4.69) is 11.4 Å². The molecule has 3 N–H and O–H groups in total. The van der Waals surface area contributed by atoms with Gasteiger partial charge in [0.2, 0.25) is 5.91 Å². The van der Waals surface area contributed by atoms with Crippen LogP contribution in [0.2, 0.25) is 0 Å². The van der Waals surface area contributed by atoms with Gasteiger partial charge in [0.15, 0.2) is 5.78 Å². The molecule has 0 radical (unpaired) electrons. The maximum absolute atomic E-state index is 12.5. The van der Waals surface area contributed by atoms with Crippen molar-refractivity contribution >= 4 is 29.8 Å². The second-order valence-corrected chi connectivity index (χ2v) is 7.73. The molecule has 4 rings (SSSR count). The molecule has 2 aliphatic rings. The summed E-state index contributed by atoms with van der Waals surface area (Å²) in [4.78, 5) is 24.9. The molecule has 0 heterocycles. The second-order valence-electron chi connectivity index (χ2n) is 7.73. The van der Waals surface area contributed by atoms with Crippen molar-refractivity contribution < 1.29 is 9.59 Å². The summed E-state index contributed by atoms with van der Waals surface area (Å²) in [5.41, 5.74) is 12.4. The molecule has 2 aromatic rings. The molecule has 148 valence electrons. The van der Waals surface area contributed by atoms with Crippen LogP contribution in [0.1, 0.15) is 70.8 Å². The highest BCUT2D eigenvalue weighted by atomic mass is 35.5.